The van der Waals surface area contributed by atoms with Crippen LogP contribution in [-0.4, -0.2) is 13.4 Å². The smallest absolute Gasteiger partial charge is 0.125 e. The molecular weight excluding hydrogens is 164 g/mol. The summed E-state index contributed by atoms with van der Waals surface area (Å²) in [5, 5.41) is 0. The molecule has 1 rings (SSSR count). The highest BCUT2D eigenvalue weighted by Gasteiger charge is 2.07. The number of aryl methyl sites for hydroxylation is 1. The lowest BCUT2D eigenvalue weighted by Gasteiger charge is -2.11. The largest absolute Gasteiger partial charge is 0.496 e. The zero-order chi connectivity index (χ0) is 9.84. The summed E-state index contributed by atoms with van der Waals surface area (Å²) < 4.78 is 5.25. The van der Waals surface area contributed by atoms with E-state index in [1.165, 1.54) is 5.56 Å². The number of benzene rings is 1. The molecule has 0 fully saturated rings. The fourth-order valence-corrected chi connectivity index (χ4v) is 1.38. The highest BCUT2D eigenvalue weighted by Crippen LogP contribution is 2.25. The summed E-state index contributed by atoms with van der Waals surface area (Å²) in [5.41, 5.74) is 3.26. The summed E-state index contributed by atoms with van der Waals surface area (Å²) in [7, 11) is 1.63. The Labute approximate surface area is 78.5 Å². The van der Waals surface area contributed by atoms with Gasteiger partial charge >= 0.3 is 0 Å². The van der Waals surface area contributed by atoms with Gasteiger partial charge in [0, 0.05) is 12.0 Å². The van der Waals surface area contributed by atoms with Gasteiger partial charge < -0.3 is 9.53 Å². The van der Waals surface area contributed by atoms with Gasteiger partial charge in [0.25, 0.3) is 0 Å². The van der Waals surface area contributed by atoms with Gasteiger partial charge in [-0.3, -0.25) is 0 Å². The van der Waals surface area contributed by atoms with Crippen molar-refractivity contribution in [3.63, 3.8) is 0 Å². The molecule has 2 nitrogen and oxygen atoms in total. The van der Waals surface area contributed by atoms with E-state index in [4.69, 9.17) is 4.74 Å². The van der Waals surface area contributed by atoms with Gasteiger partial charge in [0.2, 0.25) is 0 Å². The molecule has 0 amide bonds. The summed E-state index contributed by atoms with van der Waals surface area (Å²) in [6.45, 7) is 4.03. The first-order valence-electron chi connectivity index (χ1n) is 4.27. The lowest BCUT2D eigenvalue weighted by Crippen LogP contribution is -1.97. The van der Waals surface area contributed by atoms with Crippen LogP contribution in [0.1, 0.15) is 16.7 Å². The first kappa shape index (κ1) is 9.78. The van der Waals surface area contributed by atoms with Crippen LogP contribution in [0.15, 0.2) is 12.1 Å². The Hall–Kier alpha value is -1.31. The summed E-state index contributed by atoms with van der Waals surface area (Å²) in [6.07, 6.45) is 1.32. The second-order valence-electron chi connectivity index (χ2n) is 3.07. The molecule has 0 radical (unpaired) electrons. The number of carbonyl (C=O) groups is 1. The van der Waals surface area contributed by atoms with Gasteiger partial charge in [-0.2, -0.15) is 0 Å². The predicted octanol–water partition coefficient (Wildman–Crippen LogP) is 2.05. The number of ether oxygens (including phenoxy) is 1. The van der Waals surface area contributed by atoms with E-state index in [0.29, 0.717) is 6.42 Å². The minimum Gasteiger partial charge on any atom is -0.496 e. The average molecular weight is 178 g/mol. The van der Waals surface area contributed by atoms with Gasteiger partial charge in [-0.15, -0.1) is 0 Å². The van der Waals surface area contributed by atoms with Gasteiger partial charge in [-0.05, 0) is 25.0 Å². The molecule has 1 aromatic rings. The Balaban J connectivity index is 3.20. The molecule has 13 heavy (non-hydrogen) atoms. The summed E-state index contributed by atoms with van der Waals surface area (Å²) in [6, 6.07) is 3.95. The number of aldehydes is 1. The molecule has 0 saturated heterocycles. The average Bonchev–Trinajstić information content (AvgIpc) is 2.12. The molecule has 0 spiro atoms. The number of carbonyl (C=O) groups excluding carboxylic acids is 1. The van der Waals surface area contributed by atoms with E-state index < -0.39 is 0 Å². The van der Waals surface area contributed by atoms with Gasteiger partial charge in [-0.1, -0.05) is 12.1 Å². The lowest BCUT2D eigenvalue weighted by atomic mass is 10.0. The fraction of sp³-hybridized carbons (Fsp3) is 0.364. The molecule has 1 aromatic carbocycles. The third-order valence-electron chi connectivity index (χ3n) is 2.27. The molecule has 0 N–H and O–H groups in total. The summed E-state index contributed by atoms with van der Waals surface area (Å²) in [4.78, 5) is 10.4. The van der Waals surface area contributed by atoms with Crippen molar-refractivity contribution in [1.82, 2.24) is 0 Å². The molecular formula is C11H14O2. The second kappa shape index (κ2) is 4.08. The molecule has 0 aliphatic rings. The van der Waals surface area contributed by atoms with Gasteiger partial charge in [0.1, 0.15) is 12.0 Å². The predicted molar refractivity (Wildman–Crippen MR) is 52.2 cm³/mol. The standard InChI is InChI=1S/C11H14O2/c1-8-4-5-10(6-7-12)11(13-3)9(8)2/h4-5,7H,6H2,1-3H3. The van der Waals surface area contributed by atoms with Crippen molar-refractivity contribution in [2.75, 3.05) is 7.11 Å². The Morgan fingerprint density at radius 3 is 2.62 bits per heavy atom. The van der Waals surface area contributed by atoms with E-state index in [1.54, 1.807) is 7.11 Å². The van der Waals surface area contributed by atoms with Crippen molar-refractivity contribution in [2.24, 2.45) is 0 Å². The topological polar surface area (TPSA) is 26.3 Å². The van der Waals surface area contributed by atoms with E-state index in [0.717, 1.165) is 23.2 Å². The van der Waals surface area contributed by atoms with Crippen LogP contribution in [0.3, 0.4) is 0 Å². The molecule has 0 bridgehead atoms. The zero-order valence-electron chi connectivity index (χ0n) is 8.26. The fourth-order valence-electron chi connectivity index (χ4n) is 1.38. The zero-order valence-corrected chi connectivity index (χ0v) is 8.26. The van der Waals surface area contributed by atoms with Crippen molar-refractivity contribution in [1.29, 1.82) is 0 Å². The maximum Gasteiger partial charge on any atom is 0.125 e. The highest BCUT2D eigenvalue weighted by atomic mass is 16.5. The minimum atomic E-state index is 0.421. The van der Waals surface area contributed by atoms with Gasteiger partial charge in [0.15, 0.2) is 0 Å². The normalized spacial score (nSPS) is 9.77. The van der Waals surface area contributed by atoms with E-state index in [1.807, 2.05) is 26.0 Å². The first-order chi connectivity index (χ1) is 6.20. The van der Waals surface area contributed by atoms with Crippen LogP contribution in [-0.2, 0) is 11.2 Å². The SMILES string of the molecule is COc1c(CC=O)ccc(C)c1C. The van der Waals surface area contributed by atoms with Crippen LogP contribution in [0, 0.1) is 13.8 Å². The second-order valence-corrected chi connectivity index (χ2v) is 3.07. The first-order valence-corrected chi connectivity index (χ1v) is 4.27. The highest BCUT2D eigenvalue weighted by molar-refractivity contribution is 5.59. The third-order valence-corrected chi connectivity index (χ3v) is 2.27. The summed E-state index contributed by atoms with van der Waals surface area (Å²) in [5.74, 6) is 0.840. The van der Waals surface area contributed by atoms with Crippen molar-refractivity contribution < 1.29 is 9.53 Å². The Kier molecular flexibility index (Phi) is 3.07. The van der Waals surface area contributed by atoms with Crippen LogP contribution in [0.5, 0.6) is 5.75 Å². The van der Waals surface area contributed by atoms with Crippen LogP contribution in [0.2, 0.25) is 0 Å². The lowest BCUT2D eigenvalue weighted by molar-refractivity contribution is -0.107. The Morgan fingerprint density at radius 1 is 1.38 bits per heavy atom. The molecule has 0 aliphatic carbocycles. The van der Waals surface area contributed by atoms with Gasteiger partial charge in [0.05, 0.1) is 7.11 Å². The minimum absolute atomic E-state index is 0.421. The molecule has 0 atom stereocenters. The van der Waals surface area contributed by atoms with E-state index in [9.17, 15) is 4.79 Å². The van der Waals surface area contributed by atoms with Crippen LogP contribution >= 0.6 is 0 Å². The van der Waals surface area contributed by atoms with Gasteiger partial charge in [-0.25, -0.2) is 0 Å². The number of methoxy groups -OCH3 is 1. The van der Waals surface area contributed by atoms with Crippen molar-refractivity contribution in [3.8, 4) is 5.75 Å². The molecule has 0 heterocycles. The van der Waals surface area contributed by atoms with E-state index in [2.05, 4.69) is 0 Å². The monoisotopic (exact) mass is 178 g/mol. The molecule has 70 valence electrons. The number of hydrogen-bond acceptors (Lipinski definition) is 2. The van der Waals surface area contributed by atoms with Crippen LogP contribution in [0.25, 0.3) is 0 Å². The maximum atomic E-state index is 10.4. The van der Waals surface area contributed by atoms with Crippen molar-refractivity contribution >= 4 is 6.29 Å². The number of hydrogen-bond donors (Lipinski definition) is 0. The quantitative estimate of drug-likeness (QED) is 0.662. The van der Waals surface area contributed by atoms with Crippen molar-refractivity contribution in [3.05, 3.63) is 28.8 Å². The summed E-state index contributed by atoms with van der Waals surface area (Å²) >= 11 is 0. The maximum absolute atomic E-state index is 10.4. The molecule has 0 aliphatic heterocycles. The van der Waals surface area contributed by atoms with Crippen molar-refractivity contribution in [2.45, 2.75) is 20.3 Å². The molecule has 2 heteroatoms. The van der Waals surface area contributed by atoms with E-state index >= 15 is 0 Å². The number of rotatable bonds is 3. The molecule has 0 saturated carbocycles. The third kappa shape index (κ3) is 1.89. The Morgan fingerprint density at radius 2 is 2.08 bits per heavy atom. The van der Waals surface area contributed by atoms with Crippen LogP contribution < -0.4 is 4.74 Å². The molecule has 0 unspecified atom stereocenters. The van der Waals surface area contributed by atoms with E-state index in [-0.39, 0.29) is 0 Å². The Bertz CT molecular complexity index is 316. The van der Waals surface area contributed by atoms with Crippen LogP contribution in [0.4, 0.5) is 0 Å². The molecule has 0 aromatic heterocycles.